The van der Waals surface area contributed by atoms with Gasteiger partial charge in [0, 0.05) is 6.92 Å². The van der Waals surface area contributed by atoms with Gasteiger partial charge in [0.15, 0.2) is 24.0 Å². The summed E-state index contributed by atoms with van der Waals surface area (Å²) in [7, 11) is 0. The number of nitrogens with zero attached hydrogens (tertiary/aromatic N) is 7. The summed E-state index contributed by atoms with van der Waals surface area (Å²) in [6, 6.07) is -1.10. The van der Waals surface area contributed by atoms with Crippen LogP contribution in [-0.4, -0.2) is 122 Å². The molecule has 0 spiro atoms. The Labute approximate surface area is 220 Å². The van der Waals surface area contributed by atoms with E-state index in [0.717, 1.165) is 0 Å². The summed E-state index contributed by atoms with van der Waals surface area (Å²) in [5, 5.41) is 61.7. The van der Waals surface area contributed by atoms with Gasteiger partial charge in [0.2, 0.25) is 5.91 Å². The van der Waals surface area contributed by atoms with E-state index in [-0.39, 0.29) is 19.0 Å². The molecule has 0 aromatic carbocycles. The first-order valence-electron chi connectivity index (χ1n) is 12.0. The maximum absolute atomic E-state index is 11.6. The molecule has 0 radical (unpaired) electrons. The molecule has 2 aliphatic heterocycles. The highest BCUT2D eigenvalue weighted by Gasteiger charge is 2.46. The highest BCUT2D eigenvalue weighted by molar-refractivity contribution is 5.81. The zero-order chi connectivity index (χ0) is 27.8. The number of aliphatic hydroxyl groups is 5. The van der Waals surface area contributed by atoms with Crippen LogP contribution in [0.2, 0.25) is 0 Å². The summed E-state index contributed by atoms with van der Waals surface area (Å²) in [6.07, 6.45) is -5.48. The topological polar surface area (TPSA) is 258 Å². The molecule has 0 aliphatic carbocycles. The van der Waals surface area contributed by atoms with Gasteiger partial charge in [-0.05, 0) is 0 Å². The summed E-state index contributed by atoms with van der Waals surface area (Å²) >= 11 is 0. The number of fused-ring (bicyclic) bond motifs is 1. The Morgan fingerprint density at radius 2 is 1.87 bits per heavy atom. The van der Waals surface area contributed by atoms with Crippen LogP contribution in [0.5, 0.6) is 0 Å². The van der Waals surface area contributed by atoms with Crippen molar-refractivity contribution >= 4 is 22.9 Å². The van der Waals surface area contributed by atoms with E-state index in [0.29, 0.717) is 16.9 Å². The molecule has 212 valence electrons. The van der Waals surface area contributed by atoms with Crippen LogP contribution < -0.4 is 11.1 Å². The van der Waals surface area contributed by atoms with E-state index in [1.165, 1.54) is 35.0 Å². The summed E-state index contributed by atoms with van der Waals surface area (Å²) in [6.45, 7) is 0.521. The van der Waals surface area contributed by atoms with Crippen LogP contribution in [0.4, 0.5) is 5.82 Å². The monoisotopic (exact) mass is 551 g/mol. The molecule has 1 amide bonds. The third kappa shape index (κ3) is 5.28. The standard InChI is InChI=1S/C21H29N9O9/c1-8(32)26-12-16(35)15(34)11(4-31)39-21(12)37-5-9-2-29(28-27-9)3-10-14(33)17(36)20(38-10)30-7-25-13-18(22)23-6-24-19(13)30/h2,6-7,10-12,14-17,20-21,31,33-36H,3-5H2,1H3,(H,26,32)(H2,22,23,24)/t10-,11-,12-,14-,15-,16-,17-,20-,21-/m1/s1. The number of anilines is 1. The molecule has 0 bridgehead atoms. The predicted octanol–water partition coefficient (Wildman–Crippen LogP) is -4.22. The van der Waals surface area contributed by atoms with Gasteiger partial charge in [-0.3, -0.25) is 9.36 Å². The molecular weight excluding hydrogens is 522 g/mol. The number of rotatable bonds is 8. The van der Waals surface area contributed by atoms with Gasteiger partial charge in [0.05, 0.1) is 32.3 Å². The molecule has 5 heterocycles. The van der Waals surface area contributed by atoms with Gasteiger partial charge >= 0.3 is 0 Å². The van der Waals surface area contributed by atoms with Crippen molar-refractivity contribution in [2.75, 3.05) is 12.3 Å². The highest BCUT2D eigenvalue weighted by atomic mass is 16.7. The zero-order valence-corrected chi connectivity index (χ0v) is 20.6. The average molecular weight is 552 g/mol. The molecule has 8 N–H and O–H groups in total. The minimum absolute atomic E-state index is 0.0252. The van der Waals surface area contributed by atoms with Gasteiger partial charge in [-0.2, -0.15) is 0 Å². The van der Waals surface area contributed by atoms with Gasteiger partial charge in [-0.15, -0.1) is 5.10 Å². The molecule has 39 heavy (non-hydrogen) atoms. The van der Waals surface area contributed by atoms with Crippen LogP contribution in [0.1, 0.15) is 18.8 Å². The number of carbonyl (C=O) groups is 1. The smallest absolute Gasteiger partial charge is 0.217 e. The van der Waals surface area contributed by atoms with Crippen LogP contribution in [0.3, 0.4) is 0 Å². The zero-order valence-electron chi connectivity index (χ0n) is 20.6. The molecule has 9 atom stereocenters. The summed E-state index contributed by atoms with van der Waals surface area (Å²) in [5.41, 5.74) is 6.82. The number of nitrogens with one attached hydrogen (secondary N) is 1. The van der Waals surface area contributed by atoms with Crippen molar-refractivity contribution in [1.82, 2.24) is 39.8 Å². The molecule has 3 aromatic rings. The number of nitrogens with two attached hydrogens (primary N) is 1. The Bertz CT molecular complexity index is 1300. The molecule has 0 saturated carbocycles. The number of hydrogen-bond acceptors (Lipinski definition) is 15. The van der Waals surface area contributed by atoms with Crippen molar-refractivity contribution in [2.24, 2.45) is 0 Å². The Balaban J connectivity index is 1.23. The number of ether oxygens (including phenoxy) is 3. The summed E-state index contributed by atoms with van der Waals surface area (Å²) < 4.78 is 20.0. The Morgan fingerprint density at radius 3 is 2.62 bits per heavy atom. The minimum atomic E-state index is -1.45. The lowest BCUT2D eigenvalue weighted by molar-refractivity contribution is -0.273. The van der Waals surface area contributed by atoms with Crippen molar-refractivity contribution in [1.29, 1.82) is 0 Å². The van der Waals surface area contributed by atoms with Gasteiger partial charge in [-0.1, -0.05) is 5.21 Å². The second-order valence-corrected chi connectivity index (χ2v) is 9.31. The highest BCUT2D eigenvalue weighted by Crippen LogP contribution is 2.32. The van der Waals surface area contributed by atoms with Crippen molar-refractivity contribution < 1.29 is 44.5 Å². The predicted molar refractivity (Wildman–Crippen MR) is 126 cm³/mol. The molecule has 3 aromatic heterocycles. The van der Waals surface area contributed by atoms with Crippen LogP contribution in [0, 0.1) is 0 Å². The Kier molecular flexibility index (Phi) is 7.69. The first kappa shape index (κ1) is 27.2. The number of hydrogen-bond donors (Lipinski definition) is 7. The molecule has 2 saturated heterocycles. The molecule has 0 unspecified atom stereocenters. The van der Waals surface area contributed by atoms with E-state index in [4.69, 9.17) is 19.9 Å². The number of amides is 1. The first-order valence-corrected chi connectivity index (χ1v) is 12.0. The lowest BCUT2D eigenvalue weighted by atomic mass is 9.97. The van der Waals surface area contributed by atoms with E-state index in [1.807, 2.05) is 0 Å². The van der Waals surface area contributed by atoms with Crippen molar-refractivity contribution in [2.45, 2.75) is 75.3 Å². The molecule has 2 aliphatic rings. The molecule has 5 rings (SSSR count). The number of carbonyl (C=O) groups excluding carboxylic acids is 1. The number of nitrogen functional groups attached to an aromatic ring is 1. The van der Waals surface area contributed by atoms with E-state index in [2.05, 4.69) is 30.6 Å². The van der Waals surface area contributed by atoms with Crippen molar-refractivity contribution in [3.8, 4) is 0 Å². The molecular formula is C21H29N9O9. The number of aromatic nitrogens is 7. The van der Waals surface area contributed by atoms with Crippen LogP contribution in [0.15, 0.2) is 18.9 Å². The number of aliphatic hydroxyl groups excluding tert-OH is 5. The van der Waals surface area contributed by atoms with Gasteiger partial charge < -0.3 is 50.8 Å². The molecule has 2 fully saturated rings. The average Bonchev–Trinajstić information content (AvgIpc) is 3.61. The van der Waals surface area contributed by atoms with Crippen molar-refractivity contribution in [3.63, 3.8) is 0 Å². The van der Waals surface area contributed by atoms with E-state index >= 15 is 0 Å². The van der Waals surface area contributed by atoms with E-state index in [9.17, 15) is 30.3 Å². The second-order valence-electron chi connectivity index (χ2n) is 9.31. The SMILES string of the molecule is CC(=O)N[C@H]1[C@H](OCc2cn(C[C@H]3O[C@@H](n4cnc5c(N)ncnc54)[C@H](O)[C@@H]3O)nn2)O[C@H](CO)[C@@H](O)[C@@H]1O. The van der Waals surface area contributed by atoms with Crippen molar-refractivity contribution in [3.05, 3.63) is 24.5 Å². The quantitative estimate of drug-likeness (QED) is 0.140. The molecule has 18 nitrogen and oxygen atoms in total. The minimum Gasteiger partial charge on any atom is -0.394 e. The maximum Gasteiger partial charge on any atom is 0.217 e. The second kappa shape index (κ2) is 11.0. The van der Waals surface area contributed by atoms with Crippen LogP contribution >= 0.6 is 0 Å². The molecule has 18 heteroatoms. The third-order valence-electron chi connectivity index (χ3n) is 6.60. The lowest BCUT2D eigenvalue weighted by Crippen LogP contribution is -2.64. The Hall–Kier alpha value is -3.36. The van der Waals surface area contributed by atoms with Gasteiger partial charge in [-0.25, -0.2) is 19.6 Å². The largest absolute Gasteiger partial charge is 0.394 e. The van der Waals surface area contributed by atoms with Gasteiger partial charge in [0.1, 0.15) is 60.2 Å². The van der Waals surface area contributed by atoms with E-state index in [1.54, 1.807) is 0 Å². The lowest BCUT2D eigenvalue weighted by Gasteiger charge is -2.42. The van der Waals surface area contributed by atoms with Gasteiger partial charge in [0.25, 0.3) is 0 Å². The van der Waals surface area contributed by atoms with E-state index < -0.39 is 67.7 Å². The fourth-order valence-electron chi connectivity index (χ4n) is 4.62. The normalized spacial score (nSPS) is 33.0. The van der Waals surface area contributed by atoms with Crippen LogP contribution in [0.25, 0.3) is 11.2 Å². The maximum atomic E-state index is 11.6. The fourth-order valence-corrected chi connectivity index (χ4v) is 4.62. The summed E-state index contributed by atoms with van der Waals surface area (Å²) in [4.78, 5) is 23.7. The third-order valence-corrected chi connectivity index (χ3v) is 6.60. The Morgan fingerprint density at radius 1 is 1.10 bits per heavy atom. The summed E-state index contributed by atoms with van der Waals surface area (Å²) in [5.74, 6) is -0.313. The number of imidazole rings is 1. The first-order chi connectivity index (χ1) is 18.7. The fraction of sp³-hybridized carbons (Fsp3) is 0.619. The van der Waals surface area contributed by atoms with Crippen LogP contribution in [-0.2, 0) is 32.2 Å².